The van der Waals surface area contributed by atoms with Crippen LogP contribution in [-0.4, -0.2) is 32.7 Å². The van der Waals surface area contributed by atoms with E-state index < -0.39 is 0 Å². The molecule has 0 aliphatic heterocycles. The van der Waals surface area contributed by atoms with Gasteiger partial charge in [0.05, 0.1) is 6.61 Å². The number of halogens is 1. The van der Waals surface area contributed by atoms with Crippen LogP contribution in [0.4, 0.5) is 0 Å². The van der Waals surface area contributed by atoms with Gasteiger partial charge in [-0.05, 0) is 18.9 Å². The van der Waals surface area contributed by atoms with Crippen molar-refractivity contribution < 1.29 is 4.74 Å². The largest absolute Gasteiger partial charge is 0.383 e. The van der Waals surface area contributed by atoms with Crippen molar-refractivity contribution in [2.45, 2.75) is 13.3 Å². The lowest BCUT2D eigenvalue weighted by Gasteiger charge is -2.09. The fourth-order valence-electron chi connectivity index (χ4n) is 0.811. The highest BCUT2D eigenvalue weighted by atomic mass is 35.5. The lowest BCUT2D eigenvalue weighted by atomic mass is 10.1. The molecule has 0 aromatic rings. The maximum absolute atomic E-state index is 5.58. The highest BCUT2D eigenvalue weighted by Crippen LogP contribution is 2.00. The van der Waals surface area contributed by atoms with Crippen molar-refractivity contribution in [1.82, 2.24) is 5.32 Å². The van der Waals surface area contributed by atoms with Crippen LogP contribution in [0.25, 0.3) is 0 Å². The Kier molecular flexibility index (Phi) is 8.47. The highest BCUT2D eigenvalue weighted by Gasteiger charge is 1.98. The van der Waals surface area contributed by atoms with Gasteiger partial charge in [0.25, 0.3) is 0 Å². The summed E-state index contributed by atoms with van der Waals surface area (Å²) in [5, 5.41) is 3.29. The zero-order chi connectivity index (χ0) is 8.53. The molecular weight excluding hydrogens is 162 g/mol. The second-order valence-electron chi connectivity index (χ2n) is 2.78. The Morgan fingerprint density at radius 2 is 2.27 bits per heavy atom. The van der Waals surface area contributed by atoms with Crippen LogP contribution in [0.3, 0.4) is 0 Å². The van der Waals surface area contributed by atoms with Crippen molar-refractivity contribution in [3.8, 4) is 0 Å². The number of hydrogen-bond acceptors (Lipinski definition) is 2. The van der Waals surface area contributed by atoms with Gasteiger partial charge in [0.15, 0.2) is 0 Å². The van der Waals surface area contributed by atoms with Gasteiger partial charge < -0.3 is 10.1 Å². The monoisotopic (exact) mass is 179 g/mol. The molecule has 0 aliphatic rings. The quantitative estimate of drug-likeness (QED) is 0.473. The van der Waals surface area contributed by atoms with E-state index in [0.29, 0.717) is 5.92 Å². The van der Waals surface area contributed by atoms with Crippen LogP contribution >= 0.6 is 11.6 Å². The Balaban J connectivity index is 2.97. The lowest BCUT2D eigenvalue weighted by molar-refractivity contribution is 0.198. The van der Waals surface area contributed by atoms with E-state index in [1.54, 1.807) is 7.11 Å². The molecule has 11 heavy (non-hydrogen) atoms. The minimum atomic E-state index is 0.671. The summed E-state index contributed by atoms with van der Waals surface area (Å²) >= 11 is 5.58. The van der Waals surface area contributed by atoms with Crippen molar-refractivity contribution in [2.75, 3.05) is 32.7 Å². The molecule has 0 amide bonds. The highest BCUT2D eigenvalue weighted by molar-refractivity contribution is 6.17. The first-order chi connectivity index (χ1) is 5.31. The minimum absolute atomic E-state index is 0.671. The molecule has 0 heterocycles. The normalized spacial score (nSPS) is 13.4. The van der Waals surface area contributed by atoms with Crippen LogP contribution < -0.4 is 5.32 Å². The predicted octanol–water partition coefficient (Wildman–Crippen LogP) is 1.49. The maximum Gasteiger partial charge on any atom is 0.0587 e. The first-order valence-electron chi connectivity index (χ1n) is 4.07. The average molecular weight is 180 g/mol. The van der Waals surface area contributed by atoms with Gasteiger partial charge in [0.1, 0.15) is 0 Å². The number of hydrogen-bond donors (Lipinski definition) is 1. The van der Waals surface area contributed by atoms with Crippen LogP contribution in [0.1, 0.15) is 13.3 Å². The molecule has 0 bridgehead atoms. The number of alkyl halides is 1. The van der Waals surface area contributed by atoms with E-state index in [4.69, 9.17) is 16.3 Å². The first-order valence-corrected chi connectivity index (χ1v) is 4.60. The molecule has 0 saturated heterocycles. The number of methoxy groups -OCH3 is 1. The summed E-state index contributed by atoms with van der Waals surface area (Å²) in [6, 6.07) is 0. The van der Waals surface area contributed by atoms with Crippen molar-refractivity contribution >= 4 is 11.6 Å². The second kappa shape index (κ2) is 8.31. The molecule has 0 fully saturated rings. The zero-order valence-electron chi connectivity index (χ0n) is 7.40. The molecule has 2 nitrogen and oxygen atoms in total. The smallest absolute Gasteiger partial charge is 0.0587 e. The summed E-state index contributed by atoms with van der Waals surface area (Å²) in [5.41, 5.74) is 0. The molecule has 0 spiro atoms. The van der Waals surface area contributed by atoms with Crippen molar-refractivity contribution in [3.63, 3.8) is 0 Å². The Bertz CT molecular complexity index is 80.5. The summed E-state index contributed by atoms with van der Waals surface area (Å²) in [4.78, 5) is 0. The van der Waals surface area contributed by atoms with Gasteiger partial charge in [-0.3, -0.25) is 0 Å². The second-order valence-corrected chi connectivity index (χ2v) is 3.16. The van der Waals surface area contributed by atoms with Crippen LogP contribution in [-0.2, 0) is 4.74 Å². The van der Waals surface area contributed by atoms with E-state index in [0.717, 1.165) is 32.0 Å². The maximum atomic E-state index is 5.58. The first kappa shape index (κ1) is 11.2. The fourth-order valence-corrected chi connectivity index (χ4v) is 1.18. The molecule has 68 valence electrons. The molecule has 0 aromatic heterocycles. The van der Waals surface area contributed by atoms with Crippen molar-refractivity contribution in [2.24, 2.45) is 5.92 Å². The van der Waals surface area contributed by atoms with E-state index in [1.807, 2.05) is 0 Å². The van der Waals surface area contributed by atoms with Crippen LogP contribution in [0.2, 0.25) is 0 Å². The van der Waals surface area contributed by atoms with E-state index in [-0.39, 0.29) is 0 Å². The molecule has 0 aliphatic carbocycles. The number of nitrogens with one attached hydrogen (secondary N) is 1. The molecule has 0 aromatic carbocycles. The molecule has 0 radical (unpaired) electrons. The Morgan fingerprint density at radius 1 is 1.55 bits per heavy atom. The summed E-state index contributed by atoms with van der Waals surface area (Å²) in [6.07, 6.45) is 1.08. The summed E-state index contributed by atoms with van der Waals surface area (Å²) in [7, 11) is 1.71. The van der Waals surface area contributed by atoms with E-state index in [1.165, 1.54) is 0 Å². The Morgan fingerprint density at radius 3 is 2.82 bits per heavy atom. The van der Waals surface area contributed by atoms with E-state index >= 15 is 0 Å². The number of rotatable bonds is 7. The molecule has 0 rings (SSSR count). The van der Waals surface area contributed by atoms with Gasteiger partial charge in [-0.1, -0.05) is 6.92 Å². The predicted molar refractivity (Wildman–Crippen MR) is 49.2 cm³/mol. The standard InChI is InChI=1S/C8H18ClNO/c1-8(3-4-9)7-10-5-6-11-2/h8,10H,3-7H2,1-2H3. The number of ether oxygens (including phenoxy) is 1. The molecule has 1 N–H and O–H groups in total. The van der Waals surface area contributed by atoms with Gasteiger partial charge in [-0.2, -0.15) is 0 Å². The van der Waals surface area contributed by atoms with Crippen LogP contribution in [0.15, 0.2) is 0 Å². The Labute approximate surface area is 74.3 Å². The third kappa shape index (κ3) is 8.11. The van der Waals surface area contributed by atoms with Crippen LogP contribution in [0, 0.1) is 5.92 Å². The fraction of sp³-hybridized carbons (Fsp3) is 1.00. The summed E-state index contributed by atoms with van der Waals surface area (Å²) < 4.78 is 4.90. The van der Waals surface area contributed by atoms with Gasteiger partial charge in [0.2, 0.25) is 0 Å². The summed E-state index contributed by atoms with van der Waals surface area (Å²) in [6.45, 7) is 4.95. The van der Waals surface area contributed by atoms with Gasteiger partial charge in [-0.25, -0.2) is 0 Å². The van der Waals surface area contributed by atoms with Gasteiger partial charge in [-0.15, -0.1) is 11.6 Å². The van der Waals surface area contributed by atoms with Crippen LogP contribution in [0.5, 0.6) is 0 Å². The van der Waals surface area contributed by atoms with E-state index in [2.05, 4.69) is 12.2 Å². The van der Waals surface area contributed by atoms with E-state index in [9.17, 15) is 0 Å². The van der Waals surface area contributed by atoms with Gasteiger partial charge in [0, 0.05) is 19.5 Å². The van der Waals surface area contributed by atoms with Crippen molar-refractivity contribution in [1.29, 1.82) is 0 Å². The molecule has 1 atom stereocenters. The van der Waals surface area contributed by atoms with Crippen molar-refractivity contribution in [3.05, 3.63) is 0 Å². The minimum Gasteiger partial charge on any atom is -0.383 e. The zero-order valence-corrected chi connectivity index (χ0v) is 8.16. The molecule has 0 saturated carbocycles. The molecule has 3 heteroatoms. The van der Waals surface area contributed by atoms with Gasteiger partial charge >= 0.3 is 0 Å². The lowest BCUT2D eigenvalue weighted by Crippen LogP contribution is -2.24. The Hall–Kier alpha value is 0.210. The topological polar surface area (TPSA) is 21.3 Å². The molecule has 1 unspecified atom stereocenters. The third-order valence-corrected chi connectivity index (χ3v) is 1.80. The third-order valence-electron chi connectivity index (χ3n) is 1.58. The summed E-state index contributed by atoms with van der Waals surface area (Å²) in [5.74, 6) is 1.43. The molecular formula is C8H18ClNO. The SMILES string of the molecule is COCCNCC(C)CCCl. The average Bonchev–Trinajstić information content (AvgIpc) is 1.99.